The maximum absolute atomic E-state index is 13.9. The highest BCUT2D eigenvalue weighted by Crippen LogP contribution is 2.45. The summed E-state index contributed by atoms with van der Waals surface area (Å²) >= 11 is 0. The molecular weight excluding hydrogens is 607 g/mol. The zero-order valence-corrected chi connectivity index (χ0v) is 25.6. The molecule has 0 bridgehead atoms. The molecule has 45 heavy (non-hydrogen) atoms. The van der Waals surface area contributed by atoms with Gasteiger partial charge in [0.2, 0.25) is 0 Å². The van der Waals surface area contributed by atoms with Gasteiger partial charge in [-0.15, -0.1) is 0 Å². The monoisotopic (exact) mass is 645 g/mol. The van der Waals surface area contributed by atoms with Gasteiger partial charge >= 0.3 is 18.3 Å². The summed E-state index contributed by atoms with van der Waals surface area (Å²) in [6.07, 6.45) is -10.5. The smallest absolute Gasteiger partial charge is 0.416 e. The maximum Gasteiger partial charge on any atom is 0.416 e. The van der Waals surface area contributed by atoms with Crippen LogP contribution in [0.25, 0.3) is 0 Å². The number of esters is 1. The number of carbonyl (C=O) groups excluding carboxylic acids is 2. The Morgan fingerprint density at radius 2 is 1.51 bits per heavy atom. The fraction of sp³-hybridized carbons (Fsp3) is 0.576. The first-order valence-electron chi connectivity index (χ1n) is 14.9. The largest absolute Gasteiger partial charge is 0.463 e. The van der Waals surface area contributed by atoms with Crippen molar-refractivity contribution in [1.82, 2.24) is 4.90 Å². The van der Waals surface area contributed by atoms with Gasteiger partial charge in [-0.1, -0.05) is 32.9 Å². The minimum absolute atomic E-state index is 0.0347. The maximum atomic E-state index is 13.9. The van der Waals surface area contributed by atoms with Crippen LogP contribution in [0.15, 0.2) is 42.5 Å². The summed E-state index contributed by atoms with van der Waals surface area (Å²) in [6.45, 7) is 7.98. The minimum atomic E-state index is -5.07. The Hall–Kier alpha value is -2.99. The van der Waals surface area contributed by atoms with E-state index in [1.54, 1.807) is 12.1 Å². The van der Waals surface area contributed by atoms with Crippen LogP contribution in [0.2, 0.25) is 0 Å². The predicted octanol–water partition coefficient (Wildman–Crippen LogP) is 7.98. The number of ketones is 1. The first-order chi connectivity index (χ1) is 20.8. The highest BCUT2D eigenvalue weighted by atomic mass is 19.4. The third-order valence-electron chi connectivity index (χ3n) is 8.62. The number of hydrogen-bond acceptors (Lipinski definition) is 5. The van der Waals surface area contributed by atoms with Gasteiger partial charge in [0.05, 0.1) is 17.2 Å². The summed E-state index contributed by atoms with van der Waals surface area (Å²) < 4.78 is 107. The molecule has 2 aromatic carbocycles. The summed E-state index contributed by atoms with van der Waals surface area (Å²) in [5, 5.41) is 0. The fourth-order valence-electron chi connectivity index (χ4n) is 6.51. The second-order valence-electron chi connectivity index (χ2n) is 13.1. The van der Waals surface area contributed by atoms with E-state index in [9.17, 15) is 40.3 Å². The van der Waals surface area contributed by atoms with Crippen LogP contribution in [-0.2, 0) is 31.4 Å². The molecule has 1 aliphatic heterocycles. The zero-order chi connectivity index (χ0) is 33.3. The standard InChI is InChI=1S/C33H38F7NO4/c1-19(42)44-18-28(23-13-24(32(35,36)37)15-25(14-23)33(38,39)40)45-27-10-7-21(29(27)20-5-8-26(34)9-6-20)16-41-12-11-22(17-41)30(43)31(2,3)4/h5-6,8-9,13-15,21-22,27-29H,7,10-12,16-18H2,1-4H3/t21?,22-,27?,28+,29?/m0/s1. The van der Waals surface area contributed by atoms with Crippen molar-refractivity contribution in [1.29, 1.82) is 0 Å². The van der Waals surface area contributed by atoms with Gasteiger partial charge in [-0.3, -0.25) is 9.59 Å². The first kappa shape index (κ1) is 34.9. The van der Waals surface area contributed by atoms with Gasteiger partial charge in [0.25, 0.3) is 0 Å². The summed E-state index contributed by atoms with van der Waals surface area (Å²) in [6, 6.07) is 6.96. The molecule has 2 aromatic rings. The van der Waals surface area contributed by atoms with Gasteiger partial charge in [0.1, 0.15) is 24.3 Å². The van der Waals surface area contributed by atoms with Crippen molar-refractivity contribution in [2.24, 2.45) is 17.3 Å². The van der Waals surface area contributed by atoms with Crippen molar-refractivity contribution < 1.29 is 49.8 Å². The number of Topliss-reactive ketones (excluding diaryl/α,β-unsaturated/α-hetero) is 1. The second-order valence-corrected chi connectivity index (χ2v) is 13.1. The van der Waals surface area contributed by atoms with Crippen molar-refractivity contribution in [3.63, 3.8) is 0 Å². The van der Waals surface area contributed by atoms with Crippen LogP contribution in [0.5, 0.6) is 0 Å². The van der Waals surface area contributed by atoms with E-state index >= 15 is 0 Å². The van der Waals surface area contributed by atoms with Gasteiger partial charge in [0.15, 0.2) is 0 Å². The number of alkyl halides is 6. The molecule has 3 unspecified atom stereocenters. The lowest BCUT2D eigenvalue weighted by Crippen LogP contribution is -2.34. The van der Waals surface area contributed by atoms with E-state index in [0.29, 0.717) is 56.6 Å². The molecule has 248 valence electrons. The highest BCUT2D eigenvalue weighted by Gasteiger charge is 2.43. The molecule has 0 spiro atoms. The molecule has 5 nitrogen and oxygen atoms in total. The molecule has 1 saturated carbocycles. The molecule has 4 rings (SSSR count). The number of nitrogens with zero attached hydrogens (tertiary/aromatic N) is 1. The Kier molecular flexibility index (Phi) is 10.4. The Labute approximate surface area is 258 Å². The second kappa shape index (κ2) is 13.4. The van der Waals surface area contributed by atoms with E-state index in [1.807, 2.05) is 20.8 Å². The van der Waals surface area contributed by atoms with Crippen LogP contribution >= 0.6 is 0 Å². The van der Waals surface area contributed by atoms with Crippen molar-refractivity contribution in [2.45, 2.75) is 77.4 Å². The molecule has 0 radical (unpaired) electrons. The highest BCUT2D eigenvalue weighted by molar-refractivity contribution is 5.86. The summed E-state index contributed by atoms with van der Waals surface area (Å²) in [7, 11) is 0. The SMILES string of the molecule is CC(=O)OC[C@@H](OC1CCC(CN2CC[C@H](C(=O)C(C)(C)C)C2)C1c1ccc(F)cc1)c1cc(C(F)(F)F)cc(C(F)(F)F)c1. The zero-order valence-electron chi connectivity index (χ0n) is 25.6. The van der Waals surface area contributed by atoms with Gasteiger partial charge in [-0.2, -0.15) is 26.3 Å². The van der Waals surface area contributed by atoms with E-state index in [2.05, 4.69) is 4.90 Å². The molecule has 2 aliphatic rings. The van der Waals surface area contributed by atoms with Gasteiger partial charge < -0.3 is 14.4 Å². The number of rotatable bonds is 9. The number of carbonyl (C=O) groups is 2. The summed E-state index contributed by atoms with van der Waals surface area (Å²) in [5.74, 6) is -1.63. The molecule has 1 saturated heterocycles. The topological polar surface area (TPSA) is 55.8 Å². The quantitative estimate of drug-likeness (QED) is 0.205. The third kappa shape index (κ3) is 8.84. The molecule has 1 heterocycles. The molecule has 5 atom stereocenters. The first-order valence-corrected chi connectivity index (χ1v) is 14.9. The number of hydrogen-bond donors (Lipinski definition) is 0. The normalized spacial score (nSPS) is 23.7. The van der Waals surface area contributed by atoms with Crippen LogP contribution in [0.4, 0.5) is 30.7 Å². The lowest BCUT2D eigenvalue weighted by molar-refractivity contribution is -0.149. The number of benzene rings is 2. The van der Waals surface area contributed by atoms with E-state index < -0.39 is 71.0 Å². The average Bonchev–Trinajstić information content (AvgIpc) is 3.56. The van der Waals surface area contributed by atoms with Gasteiger partial charge in [-0.05, 0) is 73.2 Å². The molecule has 1 aliphatic carbocycles. The summed E-state index contributed by atoms with van der Waals surface area (Å²) in [5.41, 5.74) is -3.21. The predicted molar refractivity (Wildman–Crippen MR) is 152 cm³/mol. The Bertz CT molecular complexity index is 1320. The summed E-state index contributed by atoms with van der Waals surface area (Å²) in [4.78, 5) is 26.8. The molecular formula is C33H38F7NO4. The van der Waals surface area contributed by atoms with Gasteiger partial charge in [-0.25, -0.2) is 4.39 Å². The van der Waals surface area contributed by atoms with Crippen molar-refractivity contribution in [2.75, 3.05) is 26.2 Å². The molecule has 0 N–H and O–H groups in total. The van der Waals surface area contributed by atoms with Gasteiger partial charge in [0, 0.05) is 37.3 Å². The van der Waals surface area contributed by atoms with Crippen molar-refractivity contribution in [3.8, 4) is 0 Å². The van der Waals surface area contributed by atoms with Crippen LogP contribution in [0, 0.1) is 23.1 Å². The lowest BCUT2D eigenvalue weighted by Gasteiger charge is -2.31. The minimum Gasteiger partial charge on any atom is -0.463 e. The molecule has 2 fully saturated rings. The van der Waals surface area contributed by atoms with Crippen molar-refractivity contribution in [3.05, 3.63) is 70.5 Å². The van der Waals surface area contributed by atoms with Crippen molar-refractivity contribution >= 4 is 11.8 Å². The average molecular weight is 646 g/mol. The number of ether oxygens (including phenoxy) is 2. The number of halogens is 7. The van der Waals surface area contributed by atoms with E-state index in [0.717, 1.165) is 6.92 Å². The van der Waals surface area contributed by atoms with E-state index in [1.165, 1.54) is 12.1 Å². The van der Waals surface area contributed by atoms with Crippen LogP contribution < -0.4 is 0 Å². The fourth-order valence-corrected chi connectivity index (χ4v) is 6.51. The molecule has 0 aromatic heterocycles. The van der Waals surface area contributed by atoms with E-state index in [-0.39, 0.29) is 23.7 Å². The number of likely N-dealkylation sites (tertiary alicyclic amines) is 1. The lowest BCUT2D eigenvalue weighted by atomic mass is 9.82. The Morgan fingerprint density at radius 3 is 2.04 bits per heavy atom. The van der Waals surface area contributed by atoms with Crippen LogP contribution in [-0.4, -0.2) is 49.0 Å². The van der Waals surface area contributed by atoms with E-state index in [4.69, 9.17) is 9.47 Å². The third-order valence-corrected chi connectivity index (χ3v) is 8.62. The van der Waals surface area contributed by atoms with Crippen LogP contribution in [0.1, 0.15) is 81.2 Å². The van der Waals surface area contributed by atoms with Crippen LogP contribution in [0.3, 0.4) is 0 Å². The molecule has 0 amide bonds. The molecule has 12 heteroatoms. The Balaban J connectivity index is 1.65. The Morgan fingerprint density at radius 1 is 0.911 bits per heavy atom.